The monoisotopic (exact) mass is 254 g/mol. The third-order valence-electron chi connectivity index (χ3n) is 2.35. The highest BCUT2D eigenvalue weighted by molar-refractivity contribution is 6.30. The highest BCUT2D eigenvalue weighted by atomic mass is 35.5. The van der Waals surface area contributed by atoms with E-state index in [1.807, 2.05) is 6.07 Å². The van der Waals surface area contributed by atoms with Gasteiger partial charge in [-0.25, -0.2) is 4.52 Å². The van der Waals surface area contributed by atoms with E-state index >= 15 is 0 Å². The Kier molecular flexibility index (Phi) is 4.17. The molecule has 2 aromatic heterocycles. The van der Waals surface area contributed by atoms with Crippen LogP contribution in [0.25, 0.3) is 5.65 Å². The molecule has 0 bridgehead atoms. The summed E-state index contributed by atoms with van der Waals surface area (Å²) in [6.45, 7) is 1.63. The van der Waals surface area contributed by atoms with Crippen LogP contribution in [-0.4, -0.2) is 34.9 Å². The summed E-state index contributed by atoms with van der Waals surface area (Å²) in [6, 6.07) is 3.64. The van der Waals surface area contributed by atoms with E-state index in [-0.39, 0.29) is 0 Å². The Morgan fingerprint density at radius 1 is 1.41 bits per heavy atom. The summed E-state index contributed by atoms with van der Waals surface area (Å²) in [6.07, 6.45) is 3.80. The second-order valence-electron chi connectivity index (χ2n) is 3.71. The van der Waals surface area contributed by atoms with Crippen LogP contribution in [0.4, 0.5) is 5.95 Å². The minimum atomic E-state index is 0.629. The van der Waals surface area contributed by atoms with Gasteiger partial charge in [-0.1, -0.05) is 11.6 Å². The summed E-state index contributed by atoms with van der Waals surface area (Å²) < 4.78 is 6.64. The Bertz CT molecular complexity index is 485. The lowest BCUT2D eigenvalue weighted by Gasteiger charge is -2.00. The molecule has 0 atom stereocenters. The quantitative estimate of drug-likeness (QED) is 0.803. The van der Waals surface area contributed by atoms with E-state index in [4.69, 9.17) is 16.3 Å². The number of aromatic nitrogens is 3. The lowest BCUT2D eigenvalue weighted by molar-refractivity contribution is 0.193. The molecule has 0 aliphatic carbocycles. The third-order valence-corrected chi connectivity index (χ3v) is 2.58. The Morgan fingerprint density at radius 3 is 3.12 bits per heavy atom. The van der Waals surface area contributed by atoms with Crippen LogP contribution in [0.2, 0.25) is 5.02 Å². The maximum Gasteiger partial charge on any atom is 0.243 e. The molecule has 6 heteroatoms. The number of fused-ring (bicyclic) bond motifs is 1. The largest absolute Gasteiger partial charge is 0.385 e. The minimum Gasteiger partial charge on any atom is -0.385 e. The summed E-state index contributed by atoms with van der Waals surface area (Å²) >= 11 is 5.87. The first-order valence-corrected chi connectivity index (χ1v) is 5.92. The zero-order chi connectivity index (χ0) is 12.1. The number of ether oxygens (including phenoxy) is 1. The van der Waals surface area contributed by atoms with E-state index in [1.165, 1.54) is 0 Å². The number of hydrogen-bond acceptors (Lipinski definition) is 4. The van der Waals surface area contributed by atoms with Crippen LogP contribution in [0, 0.1) is 0 Å². The fraction of sp³-hybridized carbons (Fsp3) is 0.455. The molecule has 0 saturated carbocycles. The van der Waals surface area contributed by atoms with Gasteiger partial charge in [-0.15, -0.1) is 5.10 Å². The topological polar surface area (TPSA) is 51.5 Å². The lowest BCUT2D eigenvalue weighted by atomic mass is 10.3. The smallest absolute Gasteiger partial charge is 0.243 e. The molecule has 1 N–H and O–H groups in total. The first kappa shape index (κ1) is 12.1. The molecule has 0 radical (unpaired) electrons. The number of nitrogens with zero attached hydrogens (tertiary/aromatic N) is 3. The van der Waals surface area contributed by atoms with Gasteiger partial charge in [0.15, 0.2) is 5.65 Å². The van der Waals surface area contributed by atoms with E-state index in [1.54, 1.807) is 23.9 Å². The number of nitrogens with one attached hydrogen (secondary N) is 1. The molecule has 0 spiro atoms. The molecule has 0 saturated heterocycles. The number of anilines is 1. The molecule has 0 aromatic carbocycles. The predicted octanol–water partition coefficient (Wildman–Crippen LogP) is 2.22. The Morgan fingerprint density at radius 2 is 2.29 bits per heavy atom. The highest BCUT2D eigenvalue weighted by Gasteiger charge is 2.02. The van der Waals surface area contributed by atoms with Crippen molar-refractivity contribution in [3.8, 4) is 0 Å². The molecular formula is C11H15ClN4O. The van der Waals surface area contributed by atoms with Crippen molar-refractivity contribution in [2.45, 2.75) is 12.8 Å². The Balaban J connectivity index is 1.91. The van der Waals surface area contributed by atoms with Gasteiger partial charge in [-0.3, -0.25) is 0 Å². The van der Waals surface area contributed by atoms with Gasteiger partial charge < -0.3 is 10.1 Å². The number of unbranched alkanes of at least 4 members (excludes halogenated alkanes) is 1. The molecule has 5 nitrogen and oxygen atoms in total. The van der Waals surface area contributed by atoms with Gasteiger partial charge in [0.1, 0.15) is 0 Å². The van der Waals surface area contributed by atoms with Crippen molar-refractivity contribution in [2.24, 2.45) is 0 Å². The molecule has 17 heavy (non-hydrogen) atoms. The maximum absolute atomic E-state index is 5.87. The molecule has 0 fully saturated rings. The molecule has 0 unspecified atom stereocenters. The van der Waals surface area contributed by atoms with Crippen molar-refractivity contribution in [1.29, 1.82) is 0 Å². The number of methoxy groups -OCH3 is 1. The highest BCUT2D eigenvalue weighted by Crippen LogP contribution is 2.11. The number of pyridine rings is 1. The van der Waals surface area contributed by atoms with E-state index in [9.17, 15) is 0 Å². The van der Waals surface area contributed by atoms with Crippen LogP contribution in [-0.2, 0) is 4.74 Å². The van der Waals surface area contributed by atoms with Crippen LogP contribution in [0.15, 0.2) is 18.3 Å². The second-order valence-corrected chi connectivity index (χ2v) is 4.15. The second kappa shape index (κ2) is 5.84. The fourth-order valence-electron chi connectivity index (χ4n) is 1.50. The molecule has 0 aliphatic heterocycles. The van der Waals surface area contributed by atoms with Gasteiger partial charge in [-0.2, -0.15) is 4.98 Å². The summed E-state index contributed by atoms with van der Waals surface area (Å²) in [7, 11) is 1.71. The molecule has 2 heterocycles. The lowest BCUT2D eigenvalue weighted by Crippen LogP contribution is -2.04. The first-order valence-electron chi connectivity index (χ1n) is 5.54. The van der Waals surface area contributed by atoms with Crippen LogP contribution in [0.1, 0.15) is 12.8 Å². The predicted molar refractivity (Wildman–Crippen MR) is 67.6 cm³/mol. The molecule has 0 amide bonds. The van der Waals surface area contributed by atoms with E-state index in [2.05, 4.69) is 15.4 Å². The van der Waals surface area contributed by atoms with Crippen molar-refractivity contribution >= 4 is 23.2 Å². The first-order chi connectivity index (χ1) is 8.29. The number of halogens is 1. The zero-order valence-corrected chi connectivity index (χ0v) is 10.4. The van der Waals surface area contributed by atoms with Crippen molar-refractivity contribution < 1.29 is 4.74 Å². The zero-order valence-electron chi connectivity index (χ0n) is 9.69. The molecule has 2 rings (SSSR count). The van der Waals surface area contributed by atoms with Gasteiger partial charge in [0.25, 0.3) is 0 Å². The SMILES string of the molecule is COCCCCNc1nc2ccc(Cl)cn2n1. The standard InChI is InChI=1S/C11H15ClN4O/c1-17-7-3-2-6-13-11-14-10-5-4-9(12)8-16(10)15-11/h4-5,8H,2-3,6-7H2,1H3,(H,13,15). The minimum absolute atomic E-state index is 0.629. The summed E-state index contributed by atoms with van der Waals surface area (Å²) in [5.41, 5.74) is 0.786. The van der Waals surface area contributed by atoms with Crippen molar-refractivity contribution in [3.05, 3.63) is 23.4 Å². The van der Waals surface area contributed by atoms with Crippen molar-refractivity contribution in [3.63, 3.8) is 0 Å². The Hall–Kier alpha value is -1.33. The summed E-state index contributed by atoms with van der Waals surface area (Å²) in [4.78, 5) is 4.32. The average Bonchev–Trinajstić information content (AvgIpc) is 2.70. The van der Waals surface area contributed by atoms with Crippen LogP contribution in [0.3, 0.4) is 0 Å². The van der Waals surface area contributed by atoms with Crippen LogP contribution < -0.4 is 5.32 Å². The normalized spacial score (nSPS) is 10.9. The van der Waals surface area contributed by atoms with Crippen molar-refractivity contribution in [1.82, 2.24) is 14.6 Å². The van der Waals surface area contributed by atoms with E-state index in [0.29, 0.717) is 11.0 Å². The molecule has 92 valence electrons. The van der Waals surface area contributed by atoms with Gasteiger partial charge in [-0.05, 0) is 25.0 Å². The fourth-order valence-corrected chi connectivity index (χ4v) is 1.66. The van der Waals surface area contributed by atoms with E-state index < -0.39 is 0 Å². The van der Waals surface area contributed by atoms with Gasteiger partial charge in [0.2, 0.25) is 5.95 Å². The van der Waals surface area contributed by atoms with Crippen LogP contribution in [0.5, 0.6) is 0 Å². The van der Waals surface area contributed by atoms with Gasteiger partial charge in [0.05, 0.1) is 5.02 Å². The van der Waals surface area contributed by atoms with Gasteiger partial charge in [0, 0.05) is 26.5 Å². The molecule has 2 aromatic rings. The number of hydrogen-bond donors (Lipinski definition) is 1. The third kappa shape index (κ3) is 3.31. The summed E-state index contributed by atoms with van der Waals surface area (Å²) in [5.74, 6) is 0.629. The molecular weight excluding hydrogens is 240 g/mol. The summed E-state index contributed by atoms with van der Waals surface area (Å²) in [5, 5.41) is 8.09. The van der Waals surface area contributed by atoms with Gasteiger partial charge >= 0.3 is 0 Å². The Labute approximate surface area is 105 Å². The van der Waals surface area contributed by atoms with Crippen molar-refractivity contribution in [2.75, 3.05) is 25.6 Å². The molecule has 0 aliphatic rings. The number of rotatable bonds is 6. The van der Waals surface area contributed by atoms with Crippen LogP contribution >= 0.6 is 11.6 Å². The van der Waals surface area contributed by atoms with E-state index in [0.717, 1.165) is 31.6 Å². The average molecular weight is 255 g/mol. The maximum atomic E-state index is 5.87.